The standard InChI is InChI=1S/C18H25ClN4O/c1-14(2)11-17-20-18(24-21-17)13-23-9-7-22(8-10-23)12-15-3-5-16(19)6-4-15/h3-6,14H,7-13H2,1-2H3. The zero-order valence-corrected chi connectivity index (χ0v) is 15.2. The van der Waals surface area contributed by atoms with E-state index in [1.807, 2.05) is 12.1 Å². The Hall–Kier alpha value is -1.43. The molecule has 1 aliphatic rings. The number of benzene rings is 1. The van der Waals surface area contributed by atoms with Gasteiger partial charge in [0, 0.05) is 44.2 Å². The number of hydrogen-bond donors (Lipinski definition) is 0. The Balaban J connectivity index is 1.45. The summed E-state index contributed by atoms with van der Waals surface area (Å²) in [5, 5.41) is 4.86. The molecule has 3 rings (SSSR count). The zero-order valence-electron chi connectivity index (χ0n) is 14.4. The van der Waals surface area contributed by atoms with Gasteiger partial charge in [0.15, 0.2) is 5.82 Å². The first-order valence-corrected chi connectivity index (χ1v) is 8.97. The van der Waals surface area contributed by atoms with Crippen LogP contribution in [0.25, 0.3) is 0 Å². The maximum atomic E-state index is 5.94. The molecular weight excluding hydrogens is 324 g/mol. The van der Waals surface area contributed by atoms with Gasteiger partial charge in [0.25, 0.3) is 0 Å². The summed E-state index contributed by atoms with van der Waals surface area (Å²) >= 11 is 5.94. The first-order valence-electron chi connectivity index (χ1n) is 8.59. The maximum Gasteiger partial charge on any atom is 0.240 e. The lowest BCUT2D eigenvalue weighted by atomic mass is 10.1. The van der Waals surface area contributed by atoms with Crippen molar-refractivity contribution in [3.05, 3.63) is 46.6 Å². The first-order chi connectivity index (χ1) is 11.6. The summed E-state index contributed by atoms with van der Waals surface area (Å²) in [6.07, 6.45) is 0.873. The second-order valence-corrected chi connectivity index (χ2v) is 7.32. The third kappa shape index (κ3) is 5.03. The molecule has 0 amide bonds. The van der Waals surface area contributed by atoms with E-state index in [2.05, 4.69) is 45.9 Å². The highest BCUT2D eigenvalue weighted by Gasteiger charge is 2.19. The van der Waals surface area contributed by atoms with Crippen LogP contribution in [0.5, 0.6) is 0 Å². The average molecular weight is 349 g/mol. The van der Waals surface area contributed by atoms with Crippen molar-refractivity contribution in [3.63, 3.8) is 0 Å². The van der Waals surface area contributed by atoms with Crippen molar-refractivity contribution in [2.45, 2.75) is 33.4 Å². The number of halogens is 1. The number of piperazine rings is 1. The molecule has 2 aromatic rings. The number of nitrogens with zero attached hydrogens (tertiary/aromatic N) is 4. The second-order valence-electron chi connectivity index (χ2n) is 6.88. The highest BCUT2D eigenvalue weighted by Crippen LogP contribution is 2.14. The Morgan fingerprint density at radius 3 is 2.29 bits per heavy atom. The lowest BCUT2D eigenvalue weighted by Crippen LogP contribution is -2.45. The molecule has 1 aliphatic heterocycles. The lowest BCUT2D eigenvalue weighted by molar-refractivity contribution is 0.112. The van der Waals surface area contributed by atoms with Gasteiger partial charge in [-0.15, -0.1) is 0 Å². The quantitative estimate of drug-likeness (QED) is 0.802. The van der Waals surface area contributed by atoms with Crippen LogP contribution >= 0.6 is 11.6 Å². The van der Waals surface area contributed by atoms with Crippen molar-refractivity contribution in [2.24, 2.45) is 5.92 Å². The fourth-order valence-corrected chi connectivity index (χ4v) is 3.07. The third-order valence-corrected chi connectivity index (χ3v) is 4.50. The highest BCUT2D eigenvalue weighted by molar-refractivity contribution is 6.30. The number of hydrogen-bond acceptors (Lipinski definition) is 5. The van der Waals surface area contributed by atoms with E-state index in [-0.39, 0.29) is 0 Å². The summed E-state index contributed by atoms with van der Waals surface area (Å²) in [5.74, 6) is 2.10. The molecule has 0 atom stereocenters. The van der Waals surface area contributed by atoms with Crippen molar-refractivity contribution < 1.29 is 4.52 Å². The molecule has 130 valence electrons. The second kappa shape index (κ2) is 8.10. The predicted octanol–water partition coefficient (Wildman–Crippen LogP) is 3.24. The van der Waals surface area contributed by atoms with Crippen LogP contribution in [0, 0.1) is 5.92 Å². The molecule has 0 aliphatic carbocycles. The average Bonchev–Trinajstić information content (AvgIpc) is 2.98. The van der Waals surface area contributed by atoms with E-state index < -0.39 is 0 Å². The minimum Gasteiger partial charge on any atom is -0.338 e. The molecule has 0 saturated carbocycles. The monoisotopic (exact) mass is 348 g/mol. The molecule has 0 radical (unpaired) electrons. The molecule has 0 bridgehead atoms. The molecular formula is C18H25ClN4O. The summed E-state index contributed by atoms with van der Waals surface area (Å²) in [6.45, 7) is 10.2. The van der Waals surface area contributed by atoms with E-state index in [0.717, 1.165) is 62.4 Å². The Labute approximate surface area is 148 Å². The fourth-order valence-electron chi connectivity index (χ4n) is 2.95. The van der Waals surface area contributed by atoms with E-state index >= 15 is 0 Å². The Bertz CT molecular complexity index is 633. The number of rotatable bonds is 6. The molecule has 1 aromatic carbocycles. The molecule has 0 unspecified atom stereocenters. The van der Waals surface area contributed by atoms with E-state index in [0.29, 0.717) is 5.92 Å². The minimum atomic E-state index is 0.548. The van der Waals surface area contributed by atoms with Crippen LogP contribution in [0.15, 0.2) is 28.8 Å². The highest BCUT2D eigenvalue weighted by atomic mass is 35.5. The summed E-state index contributed by atoms with van der Waals surface area (Å²) in [6, 6.07) is 8.11. The fraction of sp³-hybridized carbons (Fsp3) is 0.556. The number of aromatic nitrogens is 2. The van der Waals surface area contributed by atoms with Crippen molar-refractivity contribution in [3.8, 4) is 0 Å². The SMILES string of the molecule is CC(C)Cc1noc(CN2CCN(Cc3ccc(Cl)cc3)CC2)n1. The van der Waals surface area contributed by atoms with Crippen molar-refractivity contribution in [2.75, 3.05) is 26.2 Å². The van der Waals surface area contributed by atoms with Gasteiger partial charge in [0.2, 0.25) is 5.89 Å². The molecule has 1 aromatic heterocycles. The van der Waals surface area contributed by atoms with Crippen LogP contribution in [0.3, 0.4) is 0 Å². The Kier molecular flexibility index (Phi) is 5.87. The molecule has 0 spiro atoms. The van der Waals surface area contributed by atoms with Gasteiger partial charge < -0.3 is 4.52 Å². The van der Waals surface area contributed by atoms with Crippen LogP contribution in [-0.4, -0.2) is 46.1 Å². The van der Waals surface area contributed by atoms with E-state index in [9.17, 15) is 0 Å². The third-order valence-electron chi connectivity index (χ3n) is 4.24. The summed E-state index contributed by atoms with van der Waals surface area (Å²) in [5.41, 5.74) is 1.31. The van der Waals surface area contributed by atoms with Crippen LogP contribution in [0.2, 0.25) is 5.02 Å². The largest absolute Gasteiger partial charge is 0.338 e. The van der Waals surface area contributed by atoms with Gasteiger partial charge in [0.1, 0.15) is 0 Å². The zero-order chi connectivity index (χ0) is 16.9. The minimum absolute atomic E-state index is 0.548. The van der Waals surface area contributed by atoms with Gasteiger partial charge in [-0.05, 0) is 23.6 Å². The lowest BCUT2D eigenvalue weighted by Gasteiger charge is -2.33. The predicted molar refractivity (Wildman–Crippen MR) is 94.8 cm³/mol. The normalized spacial score (nSPS) is 16.8. The molecule has 1 fully saturated rings. The topological polar surface area (TPSA) is 45.4 Å². The van der Waals surface area contributed by atoms with E-state index in [1.54, 1.807) is 0 Å². The van der Waals surface area contributed by atoms with Crippen molar-refractivity contribution in [1.82, 2.24) is 19.9 Å². The Morgan fingerprint density at radius 2 is 1.67 bits per heavy atom. The molecule has 24 heavy (non-hydrogen) atoms. The molecule has 5 nitrogen and oxygen atoms in total. The summed E-state index contributed by atoms with van der Waals surface area (Å²) in [4.78, 5) is 9.34. The van der Waals surface area contributed by atoms with E-state index in [1.165, 1.54) is 5.56 Å². The van der Waals surface area contributed by atoms with Crippen LogP contribution in [0.1, 0.15) is 31.1 Å². The molecule has 1 saturated heterocycles. The maximum absolute atomic E-state index is 5.94. The van der Waals surface area contributed by atoms with Gasteiger partial charge in [-0.25, -0.2) is 0 Å². The van der Waals surface area contributed by atoms with Crippen LogP contribution < -0.4 is 0 Å². The first kappa shape index (κ1) is 17.4. The molecule has 0 N–H and O–H groups in total. The van der Waals surface area contributed by atoms with Gasteiger partial charge in [-0.2, -0.15) is 4.98 Å². The molecule has 6 heteroatoms. The van der Waals surface area contributed by atoms with Crippen molar-refractivity contribution >= 4 is 11.6 Å². The van der Waals surface area contributed by atoms with Gasteiger partial charge in [0.05, 0.1) is 6.54 Å². The van der Waals surface area contributed by atoms with Gasteiger partial charge in [-0.3, -0.25) is 9.80 Å². The smallest absolute Gasteiger partial charge is 0.240 e. The summed E-state index contributed by atoms with van der Waals surface area (Å²) < 4.78 is 5.37. The van der Waals surface area contributed by atoms with Crippen molar-refractivity contribution in [1.29, 1.82) is 0 Å². The summed E-state index contributed by atoms with van der Waals surface area (Å²) in [7, 11) is 0. The van der Waals surface area contributed by atoms with Crippen LogP contribution in [-0.2, 0) is 19.5 Å². The van der Waals surface area contributed by atoms with Gasteiger partial charge in [-0.1, -0.05) is 42.7 Å². The van der Waals surface area contributed by atoms with Gasteiger partial charge >= 0.3 is 0 Å². The van der Waals surface area contributed by atoms with E-state index in [4.69, 9.17) is 16.1 Å². The van der Waals surface area contributed by atoms with Crippen LogP contribution in [0.4, 0.5) is 0 Å². The Morgan fingerprint density at radius 1 is 1.04 bits per heavy atom. The molecule has 2 heterocycles.